The molecule has 3 aromatic heterocycles. The number of hydrogen-bond donors (Lipinski definition) is 1. The van der Waals surface area contributed by atoms with E-state index < -0.39 is 0 Å². The molecule has 0 bridgehead atoms. The summed E-state index contributed by atoms with van der Waals surface area (Å²) in [6.45, 7) is 3.96. The Morgan fingerprint density at radius 1 is 1.11 bits per heavy atom. The summed E-state index contributed by atoms with van der Waals surface area (Å²) in [4.78, 5) is 36.7. The summed E-state index contributed by atoms with van der Waals surface area (Å²) in [5, 5.41) is 6.97. The van der Waals surface area contributed by atoms with Crippen molar-refractivity contribution in [1.29, 1.82) is 0 Å². The van der Waals surface area contributed by atoms with Crippen molar-refractivity contribution < 1.29 is 9.59 Å². The molecule has 0 unspecified atom stereocenters. The Labute approximate surface area is 155 Å². The van der Waals surface area contributed by atoms with Gasteiger partial charge in [0.05, 0.1) is 17.3 Å². The van der Waals surface area contributed by atoms with Crippen LogP contribution in [0.15, 0.2) is 43.0 Å². The van der Waals surface area contributed by atoms with Gasteiger partial charge in [0.1, 0.15) is 0 Å². The van der Waals surface area contributed by atoms with Crippen LogP contribution in [0.3, 0.4) is 0 Å². The minimum Gasteiger partial charge on any atom is -0.337 e. The van der Waals surface area contributed by atoms with E-state index >= 15 is 0 Å². The second-order valence-corrected chi connectivity index (χ2v) is 6.31. The van der Waals surface area contributed by atoms with Gasteiger partial charge in [-0.15, -0.1) is 0 Å². The fourth-order valence-corrected chi connectivity index (χ4v) is 3.16. The lowest BCUT2D eigenvalue weighted by atomic mass is 10.2. The summed E-state index contributed by atoms with van der Waals surface area (Å²) in [7, 11) is 0. The van der Waals surface area contributed by atoms with E-state index in [4.69, 9.17) is 0 Å². The number of anilines is 2. The monoisotopic (exact) mass is 365 g/mol. The van der Waals surface area contributed by atoms with E-state index in [1.807, 2.05) is 4.90 Å². The van der Waals surface area contributed by atoms with Gasteiger partial charge < -0.3 is 15.1 Å². The molecule has 0 spiro atoms. The SMILES string of the molecule is CC(=O)Nc1ccn2ncc(C(=O)N3CCN(c4ncccn4)CC3)c2c1. The van der Waals surface area contributed by atoms with Crippen LogP contribution in [-0.4, -0.2) is 62.5 Å². The van der Waals surface area contributed by atoms with Crippen molar-refractivity contribution in [2.75, 3.05) is 36.4 Å². The number of hydrogen-bond acceptors (Lipinski definition) is 6. The number of amides is 2. The minimum absolute atomic E-state index is 0.0707. The average Bonchev–Trinajstić information content (AvgIpc) is 3.11. The summed E-state index contributed by atoms with van der Waals surface area (Å²) in [5.41, 5.74) is 1.82. The summed E-state index contributed by atoms with van der Waals surface area (Å²) >= 11 is 0. The summed E-state index contributed by atoms with van der Waals surface area (Å²) < 4.78 is 1.63. The molecule has 4 heterocycles. The molecule has 4 rings (SSSR count). The highest BCUT2D eigenvalue weighted by atomic mass is 16.2. The van der Waals surface area contributed by atoms with Crippen molar-refractivity contribution in [3.05, 3.63) is 48.5 Å². The van der Waals surface area contributed by atoms with Gasteiger partial charge in [-0.1, -0.05) is 0 Å². The molecule has 1 N–H and O–H groups in total. The highest BCUT2D eigenvalue weighted by Crippen LogP contribution is 2.19. The predicted octanol–water partition coefficient (Wildman–Crippen LogP) is 1.05. The van der Waals surface area contributed by atoms with E-state index in [2.05, 4.69) is 25.3 Å². The normalized spacial score (nSPS) is 14.4. The van der Waals surface area contributed by atoms with E-state index in [0.717, 1.165) is 0 Å². The highest BCUT2D eigenvalue weighted by Gasteiger charge is 2.25. The van der Waals surface area contributed by atoms with Crippen LogP contribution in [0.1, 0.15) is 17.3 Å². The van der Waals surface area contributed by atoms with Crippen LogP contribution < -0.4 is 10.2 Å². The Kier molecular flexibility index (Phi) is 4.41. The predicted molar refractivity (Wildman–Crippen MR) is 99.6 cm³/mol. The van der Waals surface area contributed by atoms with Gasteiger partial charge in [-0.25, -0.2) is 14.5 Å². The fraction of sp³-hybridized carbons (Fsp3) is 0.278. The first-order chi connectivity index (χ1) is 13.1. The lowest BCUT2D eigenvalue weighted by Gasteiger charge is -2.34. The molecule has 3 aromatic rings. The number of pyridine rings is 1. The van der Waals surface area contributed by atoms with Gasteiger partial charge in [-0.2, -0.15) is 5.10 Å². The number of nitrogens with one attached hydrogen (secondary N) is 1. The summed E-state index contributed by atoms with van der Waals surface area (Å²) in [6.07, 6.45) is 6.72. The Morgan fingerprint density at radius 2 is 1.85 bits per heavy atom. The molecule has 0 saturated carbocycles. The van der Waals surface area contributed by atoms with Gasteiger partial charge in [0.15, 0.2) is 0 Å². The fourth-order valence-electron chi connectivity index (χ4n) is 3.16. The van der Waals surface area contributed by atoms with E-state index in [9.17, 15) is 9.59 Å². The number of rotatable bonds is 3. The van der Waals surface area contributed by atoms with Crippen molar-refractivity contribution >= 4 is 29.0 Å². The molecule has 1 fully saturated rings. The Hall–Kier alpha value is -3.49. The van der Waals surface area contributed by atoms with E-state index in [1.54, 1.807) is 47.5 Å². The van der Waals surface area contributed by atoms with Gasteiger partial charge in [0.2, 0.25) is 11.9 Å². The molecule has 0 radical (unpaired) electrons. The number of carbonyl (C=O) groups is 2. The average molecular weight is 365 g/mol. The van der Waals surface area contributed by atoms with E-state index in [0.29, 0.717) is 48.9 Å². The number of piperazine rings is 1. The molecule has 1 saturated heterocycles. The molecular weight excluding hydrogens is 346 g/mol. The first-order valence-electron chi connectivity index (χ1n) is 8.68. The molecular formula is C18H19N7O2. The quantitative estimate of drug-likeness (QED) is 0.745. The van der Waals surface area contributed by atoms with Crippen molar-refractivity contribution in [3.8, 4) is 0 Å². The Morgan fingerprint density at radius 3 is 2.56 bits per heavy atom. The van der Waals surface area contributed by atoms with Crippen LogP contribution in [0.25, 0.3) is 5.52 Å². The topological polar surface area (TPSA) is 95.7 Å². The number of aromatic nitrogens is 4. The molecule has 27 heavy (non-hydrogen) atoms. The molecule has 0 aliphatic carbocycles. The van der Waals surface area contributed by atoms with Crippen LogP contribution in [-0.2, 0) is 4.79 Å². The van der Waals surface area contributed by atoms with Crippen LogP contribution in [0.2, 0.25) is 0 Å². The van der Waals surface area contributed by atoms with Crippen molar-refractivity contribution in [1.82, 2.24) is 24.5 Å². The Balaban J connectivity index is 1.51. The molecule has 1 aliphatic heterocycles. The second-order valence-electron chi connectivity index (χ2n) is 6.31. The summed E-state index contributed by atoms with van der Waals surface area (Å²) in [5.74, 6) is 0.449. The zero-order valence-electron chi connectivity index (χ0n) is 14.9. The molecule has 0 atom stereocenters. The van der Waals surface area contributed by atoms with Crippen molar-refractivity contribution in [2.24, 2.45) is 0 Å². The zero-order valence-corrected chi connectivity index (χ0v) is 14.9. The first kappa shape index (κ1) is 17.0. The molecule has 0 aromatic carbocycles. The third-order valence-electron chi connectivity index (χ3n) is 4.47. The molecule has 138 valence electrons. The van der Waals surface area contributed by atoms with Gasteiger partial charge in [-0.05, 0) is 18.2 Å². The van der Waals surface area contributed by atoms with Crippen LogP contribution >= 0.6 is 0 Å². The maximum atomic E-state index is 13.0. The summed E-state index contributed by atoms with van der Waals surface area (Å²) in [6, 6.07) is 5.29. The Bertz CT molecular complexity index is 978. The number of carbonyl (C=O) groups excluding carboxylic acids is 2. The van der Waals surface area contributed by atoms with Gasteiger partial charge in [-0.3, -0.25) is 9.59 Å². The number of fused-ring (bicyclic) bond motifs is 1. The lowest BCUT2D eigenvalue weighted by Crippen LogP contribution is -2.49. The number of nitrogens with zero attached hydrogens (tertiary/aromatic N) is 6. The zero-order chi connectivity index (χ0) is 18.8. The van der Waals surface area contributed by atoms with Crippen LogP contribution in [0.5, 0.6) is 0 Å². The molecule has 9 heteroatoms. The largest absolute Gasteiger partial charge is 0.337 e. The first-order valence-corrected chi connectivity index (χ1v) is 8.68. The van der Waals surface area contributed by atoms with Gasteiger partial charge in [0, 0.05) is 57.4 Å². The van der Waals surface area contributed by atoms with E-state index in [1.165, 1.54) is 6.92 Å². The highest BCUT2D eigenvalue weighted by molar-refractivity contribution is 6.01. The molecule has 2 amide bonds. The van der Waals surface area contributed by atoms with Gasteiger partial charge >= 0.3 is 0 Å². The third kappa shape index (κ3) is 3.43. The molecule has 1 aliphatic rings. The minimum atomic E-state index is -0.161. The van der Waals surface area contributed by atoms with Gasteiger partial charge in [0.25, 0.3) is 5.91 Å². The van der Waals surface area contributed by atoms with Crippen LogP contribution in [0, 0.1) is 0 Å². The standard InChI is InChI=1S/C18H19N7O2/c1-13(26)22-14-3-6-25-16(11-14)15(12-21-25)17(27)23-7-9-24(10-8-23)18-19-4-2-5-20-18/h2-6,11-12H,7-10H2,1H3,(H,22,26). The van der Waals surface area contributed by atoms with Crippen molar-refractivity contribution in [2.45, 2.75) is 6.92 Å². The maximum absolute atomic E-state index is 13.0. The smallest absolute Gasteiger partial charge is 0.257 e. The lowest BCUT2D eigenvalue weighted by molar-refractivity contribution is -0.114. The van der Waals surface area contributed by atoms with Crippen molar-refractivity contribution in [3.63, 3.8) is 0 Å². The maximum Gasteiger partial charge on any atom is 0.257 e. The third-order valence-corrected chi connectivity index (χ3v) is 4.47. The second kappa shape index (κ2) is 7.02. The van der Waals surface area contributed by atoms with Crippen LogP contribution in [0.4, 0.5) is 11.6 Å². The van der Waals surface area contributed by atoms with E-state index in [-0.39, 0.29) is 11.8 Å². The molecule has 9 nitrogen and oxygen atoms in total.